The third kappa shape index (κ3) is 1.08. The van der Waals surface area contributed by atoms with Crippen molar-refractivity contribution in [3.63, 3.8) is 0 Å². The van der Waals surface area contributed by atoms with Crippen LogP contribution in [0.2, 0.25) is 0 Å². The minimum absolute atomic E-state index is 1.05. The standard InChI is InChI=1S/C10H8N2S/c1-2-8-6-11-9-3-5-13-10(9)7-12(8)4-1/h1-4,6-7H,5H2. The van der Waals surface area contributed by atoms with E-state index in [2.05, 4.69) is 34.1 Å². The molecule has 1 aromatic heterocycles. The molecule has 0 spiro atoms. The molecule has 0 atom stereocenters. The van der Waals surface area contributed by atoms with Crippen molar-refractivity contribution in [1.82, 2.24) is 4.57 Å². The number of hydrogen-bond acceptors (Lipinski definition) is 2. The number of rotatable bonds is 0. The van der Waals surface area contributed by atoms with Gasteiger partial charge in [-0.05, 0) is 18.2 Å². The zero-order chi connectivity index (χ0) is 8.67. The van der Waals surface area contributed by atoms with E-state index in [1.54, 1.807) is 0 Å². The highest BCUT2D eigenvalue weighted by atomic mass is 32.2. The van der Waals surface area contributed by atoms with E-state index in [1.807, 2.05) is 24.0 Å². The molecular weight excluding hydrogens is 180 g/mol. The van der Waals surface area contributed by atoms with Gasteiger partial charge in [0.25, 0.3) is 0 Å². The van der Waals surface area contributed by atoms with Crippen LogP contribution in [-0.4, -0.2) is 16.5 Å². The molecule has 0 aliphatic carbocycles. The number of aromatic nitrogens is 1. The van der Waals surface area contributed by atoms with E-state index in [0.717, 1.165) is 17.1 Å². The van der Waals surface area contributed by atoms with E-state index in [4.69, 9.17) is 0 Å². The molecule has 0 radical (unpaired) electrons. The van der Waals surface area contributed by atoms with Crippen molar-refractivity contribution in [2.45, 2.75) is 0 Å². The smallest absolute Gasteiger partial charge is 0.0749 e. The van der Waals surface area contributed by atoms with Crippen LogP contribution in [0.5, 0.6) is 0 Å². The van der Waals surface area contributed by atoms with E-state index >= 15 is 0 Å². The van der Waals surface area contributed by atoms with Gasteiger partial charge in [0, 0.05) is 23.1 Å². The van der Waals surface area contributed by atoms with E-state index in [0.29, 0.717) is 0 Å². The minimum Gasteiger partial charge on any atom is -0.321 e. The molecule has 0 saturated heterocycles. The largest absolute Gasteiger partial charge is 0.321 e. The van der Waals surface area contributed by atoms with E-state index in [-0.39, 0.29) is 0 Å². The first-order chi connectivity index (χ1) is 6.43. The lowest BCUT2D eigenvalue weighted by molar-refractivity contribution is 1.16. The molecule has 0 aromatic carbocycles. The predicted octanol–water partition coefficient (Wildman–Crippen LogP) is 2.35. The van der Waals surface area contributed by atoms with Gasteiger partial charge in [0.05, 0.1) is 17.6 Å². The molecular formula is C10H8N2S. The molecule has 13 heavy (non-hydrogen) atoms. The maximum absolute atomic E-state index is 4.42. The SMILES string of the molecule is C1=NC2=CCSC2=Cn2cccc21. The highest BCUT2D eigenvalue weighted by molar-refractivity contribution is 8.03. The monoisotopic (exact) mass is 188 g/mol. The second-order valence-electron chi connectivity index (χ2n) is 2.99. The van der Waals surface area contributed by atoms with Crippen LogP contribution >= 0.6 is 11.8 Å². The van der Waals surface area contributed by atoms with Crippen molar-refractivity contribution < 1.29 is 0 Å². The molecule has 2 aliphatic heterocycles. The first kappa shape index (κ1) is 7.21. The van der Waals surface area contributed by atoms with Crippen molar-refractivity contribution in [2.75, 3.05) is 5.75 Å². The Labute approximate surface area is 80.7 Å². The van der Waals surface area contributed by atoms with Crippen molar-refractivity contribution in [2.24, 2.45) is 4.99 Å². The molecule has 0 saturated carbocycles. The molecule has 0 amide bonds. The van der Waals surface area contributed by atoms with Gasteiger partial charge >= 0.3 is 0 Å². The van der Waals surface area contributed by atoms with Crippen LogP contribution in [0.25, 0.3) is 6.20 Å². The lowest BCUT2D eigenvalue weighted by Gasteiger charge is -1.97. The lowest BCUT2D eigenvalue weighted by atomic mass is 10.4. The summed E-state index contributed by atoms with van der Waals surface area (Å²) in [5.74, 6) is 1.05. The van der Waals surface area contributed by atoms with Crippen LogP contribution in [0.4, 0.5) is 0 Å². The first-order valence-corrected chi connectivity index (χ1v) is 5.18. The maximum atomic E-state index is 4.42. The molecule has 0 fully saturated rings. The fourth-order valence-electron chi connectivity index (χ4n) is 1.50. The van der Waals surface area contributed by atoms with Gasteiger partial charge in [-0.25, -0.2) is 0 Å². The third-order valence-corrected chi connectivity index (χ3v) is 3.13. The quantitative estimate of drug-likeness (QED) is 0.611. The summed E-state index contributed by atoms with van der Waals surface area (Å²) in [5, 5.41) is 0. The van der Waals surface area contributed by atoms with E-state index in [9.17, 15) is 0 Å². The van der Waals surface area contributed by atoms with Crippen molar-refractivity contribution >= 4 is 24.2 Å². The highest BCUT2D eigenvalue weighted by Crippen LogP contribution is 2.33. The zero-order valence-electron chi connectivity index (χ0n) is 6.97. The van der Waals surface area contributed by atoms with E-state index < -0.39 is 0 Å². The Morgan fingerprint density at radius 2 is 2.46 bits per heavy atom. The van der Waals surface area contributed by atoms with Gasteiger partial charge in [0.2, 0.25) is 0 Å². The summed E-state index contributed by atoms with van der Waals surface area (Å²) in [6, 6.07) is 4.10. The number of nitrogens with zero attached hydrogens (tertiary/aromatic N) is 2. The summed E-state index contributed by atoms with van der Waals surface area (Å²) in [7, 11) is 0. The maximum Gasteiger partial charge on any atom is 0.0749 e. The molecule has 3 heteroatoms. The van der Waals surface area contributed by atoms with Gasteiger partial charge in [0.1, 0.15) is 0 Å². The molecule has 2 aliphatic rings. The summed E-state index contributed by atoms with van der Waals surface area (Å²) < 4.78 is 2.11. The van der Waals surface area contributed by atoms with E-state index in [1.165, 1.54) is 4.91 Å². The van der Waals surface area contributed by atoms with Gasteiger partial charge in [-0.3, -0.25) is 4.99 Å². The fourth-order valence-corrected chi connectivity index (χ4v) is 2.39. The van der Waals surface area contributed by atoms with Gasteiger partial charge in [0.15, 0.2) is 0 Å². The average molecular weight is 188 g/mol. The lowest BCUT2D eigenvalue weighted by Crippen LogP contribution is -1.89. The number of aliphatic imine (C=N–C) groups is 1. The highest BCUT2D eigenvalue weighted by Gasteiger charge is 2.13. The Morgan fingerprint density at radius 1 is 1.46 bits per heavy atom. The predicted molar refractivity (Wildman–Crippen MR) is 56.8 cm³/mol. The van der Waals surface area contributed by atoms with Crippen LogP contribution < -0.4 is 0 Å². The fraction of sp³-hybridized carbons (Fsp3) is 0.100. The van der Waals surface area contributed by atoms with Crippen molar-refractivity contribution in [1.29, 1.82) is 0 Å². The Hall–Kier alpha value is -1.22. The Kier molecular flexibility index (Phi) is 1.46. The molecule has 0 N–H and O–H groups in total. The average Bonchev–Trinajstić information content (AvgIpc) is 2.72. The molecule has 3 heterocycles. The second kappa shape index (κ2) is 2.64. The Balaban J connectivity index is 2.21. The minimum atomic E-state index is 1.05. The van der Waals surface area contributed by atoms with Gasteiger partial charge < -0.3 is 4.57 Å². The number of hydrogen-bond donors (Lipinski definition) is 0. The second-order valence-corrected chi connectivity index (χ2v) is 4.05. The van der Waals surface area contributed by atoms with Crippen LogP contribution in [0.3, 0.4) is 0 Å². The van der Waals surface area contributed by atoms with Crippen molar-refractivity contribution in [3.05, 3.63) is 40.7 Å². The van der Waals surface area contributed by atoms with Gasteiger partial charge in [-0.2, -0.15) is 0 Å². The van der Waals surface area contributed by atoms with Crippen LogP contribution in [0, 0.1) is 0 Å². The summed E-state index contributed by atoms with van der Waals surface area (Å²) in [6.07, 6.45) is 8.28. The van der Waals surface area contributed by atoms with Crippen molar-refractivity contribution in [3.8, 4) is 0 Å². The molecule has 2 nitrogen and oxygen atoms in total. The Bertz CT molecular complexity index is 438. The first-order valence-electron chi connectivity index (χ1n) is 4.19. The summed E-state index contributed by atoms with van der Waals surface area (Å²) in [6.45, 7) is 0. The molecule has 3 rings (SSSR count). The molecule has 1 aromatic rings. The van der Waals surface area contributed by atoms with Crippen LogP contribution in [0.1, 0.15) is 5.69 Å². The Morgan fingerprint density at radius 3 is 3.46 bits per heavy atom. The third-order valence-electron chi connectivity index (χ3n) is 2.17. The zero-order valence-corrected chi connectivity index (χ0v) is 7.79. The topological polar surface area (TPSA) is 17.3 Å². The normalized spacial score (nSPS) is 18.8. The number of fused-ring (bicyclic) bond motifs is 2. The summed E-state index contributed by atoms with van der Waals surface area (Å²) in [4.78, 5) is 5.69. The molecule has 0 bridgehead atoms. The van der Waals surface area contributed by atoms with Crippen LogP contribution in [0.15, 0.2) is 40.0 Å². The van der Waals surface area contributed by atoms with Gasteiger partial charge in [-0.15, -0.1) is 11.8 Å². The molecule has 0 unspecified atom stereocenters. The van der Waals surface area contributed by atoms with Gasteiger partial charge in [-0.1, -0.05) is 0 Å². The molecule has 64 valence electrons. The summed E-state index contributed by atoms with van der Waals surface area (Å²) >= 11 is 1.84. The number of thioether (sulfide) groups is 1. The summed E-state index contributed by atoms with van der Waals surface area (Å²) in [5.41, 5.74) is 2.26. The van der Waals surface area contributed by atoms with Crippen LogP contribution in [-0.2, 0) is 0 Å².